The predicted octanol–water partition coefficient (Wildman–Crippen LogP) is 3.53. The van der Waals surface area contributed by atoms with Gasteiger partial charge in [-0.25, -0.2) is 8.42 Å². The molecule has 132 valence electrons. The summed E-state index contributed by atoms with van der Waals surface area (Å²) in [7, 11) is -3.78. The van der Waals surface area contributed by atoms with Crippen LogP contribution in [0.15, 0.2) is 66.1 Å². The number of hydrogen-bond acceptors (Lipinski definition) is 3. The second-order valence-electron chi connectivity index (χ2n) is 5.87. The summed E-state index contributed by atoms with van der Waals surface area (Å²) in [6.07, 6.45) is 1.56. The van der Waals surface area contributed by atoms with E-state index in [1.807, 2.05) is 13.8 Å². The van der Waals surface area contributed by atoms with E-state index in [-0.39, 0.29) is 22.1 Å². The van der Waals surface area contributed by atoms with Crippen LogP contribution in [-0.4, -0.2) is 20.9 Å². The van der Waals surface area contributed by atoms with E-state index in [0.29, 0.717) is 12.5 Å². The van der Waals surface area contributed by atoms with E-state index in [4.69, 9.17) is 0 Å². The Balaban J connectivity index is 2.29. The summed E-state index contributed by atoms with van der Waals surface area (Å²) in [5, 5.41) is 2.64. The molecule has 1 amide bonds. The first kappa shape index (κ1) is 18.7. The third-order valence-electron chi connectivity index (χ3n) is 3.68. The van der Waals surface area contributed by atoms with E-state index in [1.54, 1.807) is 54.6 Å². The van der Waals surface area contributed by atoms with E-state index in [1.165, 1.54) is 0 Å². The second kappa shape index (κ2) is 7.98. The lowest BCUT2D eigenvalue weighted by atomic mass is 10.0. The van der Waals surface area contributed by atoms with Gasteiger partial charge >= 0.3 is 0 Å². The summed E-state index contributed by atoms with van der Waals surface area (Å²) < 4.78 is 27.7. The van der Waals surface area contributed by atoms with Crippen molar-refractivity contribution in [1.29, 1.82) is 0 Å². The zero-order chi connectivity index (χ0) is 18.4. The van der Waals surface area contributed by atoms with Gasteiger partial charge < -0.3 is 5.32 Å². The lowest BCUT2D eigenvalue weighted by Crippen LogP contribution is -2.25. The van der Waals surface area contributed by atoms with Crippen molar-refractivity contribution in [3.63, 3.8) is 0 Å². The topological polar surface area (TPSA) is 75.3 Å². The van der Waals surface area contributed by atoms with Gasteiger partial charge in [-0.3, -0.25) is 9.52 Å². The Labute approximate surface area is 148 Å². The molecule has 0 atom stereocenters. The largest absolute Gasteiger partial charge is 0.349 e. The van der Waals surface area contributed by atoms with E-state index in [0.717, 1.165) is 5.56 Å². The number of amides is 1. The molecule has 0 aliphatic heterocycles. The molecule has 2 aromatic carbocycles. The highest BCUT2D eigenvalue weighted by Crippen LogP contribution is 2.22. The Hall–Kier alpha value is -2.60. The maximum atomic E-state index is 12.6. The van der Waals surface area contributed by atoms with Gasteiger partial charge in [0.2, 0.25) is 0 Å². The van der Waals surface area contributed by atoms with Crippen LogP contribution in [0.1, 0.15) is 35.7 Å². The van der Waals surface area contributed by atoms with Gasteiger partial charge in [0, 0.05) is 6.54 Å². The van der Waals surface area contributed by atoms with Crippen LogP contribution >= 0.6 is 0 Å². The molecule has 0 saturated heterocycles. The monoisotopic (exact) mass is 358 g/mol. The van der Waals surface area contributed by atoms with Crippen LogP contribution in [0.4, 0.5) is 5.69 Å². The fourth-order valence-corrected chi connectivity index (χ4v) is 3.35. The van der Waals surface area contributed by atoms with E-state index >= 15 is 0 Å². The van der Waals surface area contributed by atoms with Crippen LogP contribution in [0.3, 0.4) is 0 Å². The van der Waals surface area contributed by atoms with Crippen molar-refractivity contribution in [3.05, 3.63) is 72.3 Å². The first-order valence-electron chi connectivity index (χ1n) is 7.96. The van der Waals surface area contributed by atoms with Crippen molar-refractivity contribution in [3.8, 4) is 0 Å². The SMILES string of the molecule is C=CCNC(=O)c1ccccc1NS(=O)(=O)c1ccc(C(C)C)cc1. The molecule has 0 aliphatic rings. The Morgan fingerprint density at radius 1 is 1.12 bits per heavy atom. The number of sulfonamides is 1. The average Bonchev–Trinajstić information content (AvgIpc) is 2.60. The average molecular weight is 358 g/mol. The number of carbonyl (C=O) groups excluding carboxylic acids is 1. The standard InChI is InChI=1S/C19H22N2O3S/c1-4-13-20-19(22)17-7-5-6-8-18(17)21-25(23,24)16-11-9-15(10-12-16)14(2)3/h4-12,14,21H,1,13H2,2-3H3,(H,20,22). The highest BCUT2D eigenvalue weighted by Gasteiger charge is 2.18. The molecule has 0 bridgehead atoms. The highest BCUT2D eigenvalue weighted by atomic mass is 32.2. The quantitative estimate of drug-likeness (QED) is 0.744. The summed E-state index contributed by atoms with van der Waals surface area (Å²) in [5.74, 6) is -0.0487. The van der Waals surface area contributed by atoms with Gasteiger partial charge in [-0.05, 0) is 35.7 Å². The van der Waals surface area contributed by atoms with Crippen LogP contribution in [0.2, 0.25) is 0 Å². The third-order valence-corrected chi connectivity index (χ3v) is 5.06. The molecule has 5 nitrogen and oxygen atoms in total. The molecule has 2 N–H and O–H groups in total. The molecule has 0 heterocycles. The number of anilines is 1. The van der Waals surface area contributed by atoms with Crippen LogP contribution in [0.25, 0.3) is 0 Å². The lowest BCUT2D eigenvalue weighted by Gasteiger charge is -2.13. The number of benzene rings is 2. The van der Waals surface area contributed by atoms with Gasteiger partial charge in [0.25, 0.3) is 15.9 Å². The minimum absolute atomic E-state index is 0.151. The molecule has 0 aromatic heterocycles. The first-order chi connectivity index (χ1) is 11.8. The summed E-state index contributed by atoms with van der Waals surface area (Å²) in [6, 6.07) is 13.2. The second-order valence-corrected chi connectivity index (χ2v) is 7.56. The molecule has 0 fully saturated rings. The molecule has 2 aromatic rings. The number of nitrogens with one attached hydrogen (secondary N) is 2. The zero-order valence-electron chi connectivity index (χ0n) is 14.3. The Morgan fingerprint density at radius 2 is 1.76 bits per heavy atom. The summed E-state index contributed by atoms with van der Waals surface area (Å²) in [6.45, 7) is 7.93. The normalized spacial score (nSPS) is 11.2. The summed E-state index contributed by atoms with van der Waals surface area (Å²) in [5.41, 5.74) is 1.55. The minimum Gasteiger partial charge on any atom is -0.349 e. The molecule has 0 radical (unpaired) electrons. The van der Waals surface area contributed by atoms with Gasteiger partial charge in [-0.1, -0.05) is 44.2 Å². The number of carbonyl (C=O) groups is 1. The fourth-order valence-electron chi connectivity index (χ4n) is 2.27. The van der Waals surface area contributed by atoms with Crippen LogP contribution in [-0.2, 0) is 10.0 Å². The Bertz CT molecular complexity index is 856. The summed E-state index contributed by atoms with van der Waals surface area (Å²) >= 11 is 0. The molecular formula is C19H22N2O3S. The molecule has 0 spiro atoms. The zero-order valence-corrected chi connectivity index (χ0v) is 15.1. The van der Waals surface area contributed by atoms with Crippen molar-refractivity contribution in [1.82, 2.24) is 5.32 Å². The molecule has 25 heavy (non-hydrogen) atoms. The smallest absolute Gasteiger partial charge is 0.261 e. The maximum absolute atomic E-state index is 12.6. The van der Waals surface area contributed by atoms with Gasteiger partial charge in [0.15, 0.2) is 0 Å². The summed E-state index contributed by atoms with van der Waals surface area (Å²) in [4.78, 5) is 12.3. The number of rotatable bonds is 7. The van der Waals surface area contributed by atoms with Crippen LogP contribution in [0.5, 0.6) is 0 Å². The van der Waals surface area contributed by atoms with Crippen molar-refractivity contribution in [2.24, 2.45) is 0 Å². The Kier molecular flexibility index (Phi) is 5.98. The minimum atomic E-state index is -3.78. The fraction of sp³-hybridized carbons (Fsp3) is 0.211. The highest BCUT2D eigenvalue weighted by molar-refractivity contribution is 7.92. The van der Waals surface area contributed by atoms with Crippen molar-refractivity contribution >= 4 is 21.6 Å². The van der Waals surface area contributed by atoms with Crippen LogP contribution < -0.4 is 10.0 Å². The number of para-hydroxylation sites is 1. The lowest BCUT2D eigenvalue weighted by molar-refractivity contribution is 0.0959. The molecule has 0 aliphatic carbocycles. The van der Waals surface area contributed by atoms with E-state index in [2.05, 4.69) is 16.6 Å². The Morgan fingerprint density at radius 3 is 2.36 bits per heavy atom. The van der Waals surface area contributed by atoms with Gasteiger partial charge in [0.05, 0.1) is 16.1 Å². The van der Waals surface area contributed by atoms with Crippen molar-refractivity contribution in [2.45, 2.75) is 24.7 Å². The van der Waals surface area contributed by atoms with Gasteiger partial charge in [-0.2, -0.15) is 0 Å². The van der Waals surface area contributed by atoms with Gasteiger partial charge in [0.1, 0.15) is 0 Å². The first-order valence-corrected chi connectivity index (χ1v) is 9.44. The van der Waals surface area contributed by atoms with Crippen molar-refractivity contribution in [2.75, 3.05) is 11.3 Å². The molecule has 0 unspecified atom stereocenters. The predicted molar refractivity (Wildman–Crippen MR) is 100 cm³/mol. The van der Waals surface area contributed by atoms with Crippen molar-refractivity contribution < 1.29 is 13.2 Å². The number of hydrogen-bond donors (Lipinski definition) is 2. The molecular weight excluding hydrogens is 336 g/mol. The van der Waals surface area contributed by atoms with E-state index in [9.17, 15) is 13.2 Å². The van der Waals surface area contributed by atoms with E-state index < -0.39 is 10.0 Å². The third kappa shape index (κ3) is 4.70. The maximum Gasteiger partial charge on any atom is 0.261 e. The molecule has 0 saturated carbocycles. The van der Waals surface area contributed by atoms with Gasteiger partial charge in [-0.15, -0.1) is 6.58 Å². The van der Waals surface area contributed by atoms with Crippen LogP contribution in [0, 0.1) is 0 Å². The molecule has 2 rings (SSSR count). The molecule has 6 heteroatoms.